The van der Waals surface area contributed by atoms with Crippen molar-refractivity contribution in [1.29, 1.82) is 0 Å². The van der Waals surface area contributed by atoms with E-state index in [2.05, 4.69) is 21.4 Å². The Balaban J connectivity index is 2.14. The molecule has 2 aromatic heterocycles. The number of hydrogen-bond acceptors (Lipinski definition) is 4. The number of aromatic nitrogens is 2. The van der Waals surface area contributed by atoms with Gasteiger partial charge in [0.05, 0.1) is 5.51 Å². The quantitative estimate of drug-likeness (QED) is 0.771. The maximum Gasteiger partial charge on any atom is 0.143 e. The fourth-order valence-corrected chi connectivity index (χ4v) is 2.71. The number of hydrogen-bond donors (Lipinski definition) is 1. The first-order chi connectivity index (χ1) is 6.95. The maximum atomic E-state index is 4.39. The minimum atomic E-state index is 0.627. The van der Waals surface area contributed by atoms with Gasteiger partial charge >= 0.3 is 0 Å². The number of rotatable bonds is 1. The number of thiazole rings is 1. The highest BCUT2D eigenvalue weighted by atomic mass is 32.1. The summed E-state index contributed by atoms with van der Waals surface area (Å²) in [6, 6.07) is 2.11. The largest absolute Gasteiger partial charge is 0.316 e. The third-order valence-electron chi connectivity index (χ3n) is 2.77. The van der Waals surface area contributed by atoms with Crippen LogP contribution in [0.5, 0.6) is 0 Å². The molecular weight excluding hydrogens is 194 g/mol. The molecule has 72 valence electrons. The molecule has 1 saturated heterocycles. The van der Waals surface area contributed by atoms with Crippen molar-refractivity contribution in [2.45, 2.75) is 12.3 Å². The van der Waals surface area contributed by atoms with Crippen LogP contribution in [-0.2, 0) is 0 Å². The average molecular weight is 205 g/mol. The molecule has 0 saturated carbocycles. The summed E-state index contributed by atoms with van der Waals surface area (Å²) in [6.07, 6.45) is 3.12. The van der Waals surface area contributed by atoms with Gasteiger partial charge in [0.2, 0.25) is 0 Å². The van der Waals surface area contributed by atoms with Gasteiger partial charge in [-0.3, -0.25) is 0 Å². The Bertz CT molecular complexity index is 445. The van der Waals surface area contributed by atoms with E-state index < -0.39 is 0 Å². The molecule has 0 spiro atoms. The molecule has 1 aliphatic rings. The fraction of sp³-hybridized carbons (Fsp3) is 0.400. The lowest BCUT2D eigenvalue weighted by molar-refractivity contribution is 0.767. The van der Waals surface area contributed by atoms with E-state index in [1.165, 1.54) is 12.0 Å². The van der Waals surface area contributed by atoms with Gasteiger partial charge in [-0.25, -0.2) is 9.97 Å². The Labute approximate surface area is 86.2 Å². The predicted molar refractivity (Wildman–Crippen MR) is 57.6 cm³/mol. The Hall–Kier alpha value is -1.00. The minimum Gasteiger partial charge on any atom is -0.316 e. The summed E-state index contributed by atoms with van der Waals surface area (Å²) in [5.74, 6) is 0.627. The summed E-state index contributed by atoms with van der Waals surface area (Å²) < 4.78 is 0. The number of fused-ring (bicyclic) bond motifs is 1. The summed E-state index contributed by atoms with van der Waals surface area (Å²) in [5.41, 5.74) is 4.34. The molecule has 3 heterocycles. The molecule has 0 aromatic carbocycles. The highest BCUT2D eigenvalue weighted by molar-refractivity contribution is 7.16. The van der Waals surface area contributed by atoms with Crippen LogP contribution in [-0.4, -0.2) is 23.1 Å². The minimum absolute atomic E-state index is 0.627. The van der Waals surface area contributed by atoms with Crippen molar-refractivity contribution in [1.82, 2.24) is 15.3 Å². The summed E-state index contributed by atoms with van der Waals surface area (Å²) in [7, 11) is 0. The molecule has 2 aromatic rings. The van der Waals surface area contributed by atoms with E-state index in [4.69, 9.17) is 0 Å². The van der Waals surface area contributed by atoms with Crippen molar-refractivity contribution in [3.05, 3.63) is 23.3 Å². The van der Waals surface area contributed by atoms with Crippen LogP contribution in [0.25, 0.3) is 10.3 Å². The van der Waals surface area contributed by atoms with E-state index in [0.717, 1.165) is 23.4 Å². The zero-order chi connectivity index (χ0) is 9.38. The summed E-state index contributed by atoms with van der Waals surface area (Å²) in [4.78, 5) is 9.76. The van der Waals surface area contributed by atoms with Gasteiger partial charge < -0.3 is 5.32 Å². The van der Waals surface area contributed by atoms with E-state index >= 15 is 0 Å². The lowest BCUT2D eigenvalue weighted by Gasteiger charge is -2.08. The number of pyridine rings is 1. The van der Waals surface area contributed by atoms with Crippen molar-refractivity contribution in [3.8, 4) is 0 Å². The van der Waals surface area contributed by atoms with Gasteiger partial charge in [0.1, 0.15) is 10.3 Å². The monoisotopic (exact) mass is 205 g/mol. The first-order valence-corrected chi connectivity index (χ1v) is 5.72. The van der Waals surface area contributed by atoms with Crippen LogP contribution in [0, 0.1) is 0 Å². The third kappa shape index (κ3) is 1.22. The molecule has 1 N–H and O–H groups in total. The second kappa shape index (κ2) is 3.29. The molecule has 1 aliphatic heterocycles. The molecule has 0 radical (unpaired) electrons. The summed E-state index contributed by atoms with van der Waals surface area (Å²) >= 11 is 1.62. The van der Waals surface area contributed by atoms with Gasteiger partial charge in [0.15, 0.2) is 0 Å². The fourth-order valence-electron chi connectivity index (χ4n) is 2.04. The molecule has 4 heteroatoms. The molecular formula is C10H11N3S. The van der Waals surface area contributed by atoms with E-state index in [0.29, 0.717) is 5.92 Å². The standard InChI is InChI=1S/C10H11N3S/c1-3-11-5-7(1)8-2-4-12-10-9(8)13-6-14-10/h2,4,6-7,11H,1,3,5H2/t7-/m0/s1. The summed E-state index contributed by atoms with van der Waals surface area (Å²) in [6.45, 7) is 2.20. The van der Waals surface area contributed by atoms with Gasteiger partial charge in [-0.2, -0.15) is 0 Å². The van der Waals surface area contributed by atoms with Gasteiger partial charge in [-0.15, -0.1) is 11.3 Å². The lowest BCUT2D eigenvalue weighted by atomic mass is 9.99. The van der Waals surface area contributed by atoms with Crippen LogP contribution < -0.4 is 5.32 Å². The SMILES string of the molecule is c1cc([C@H]2CCNC2)c2ncsc2n1. The molecule has 1 fully saturated rings. The second-order valence-electron chi connectivity index (χ2n) is 3.60. The van der Waals surface area contributed by atoms with E-state index in [1.807, 2.05) is 11.7 Å². The van der Waals surface area contributed by atoms with Crippen LogP contribution in [0.2, 0.25) is 0 Å². The van der Waals surface area contributed by atoms with Gasteiger partial charge in [-0.1, -0.05) is 0 Å². The molecule has 0 aliphatic carbocycles. The Kier molecular flexibility index (Phi) is 1.96. The molecule has 14 heavy (non-hydrogen) atoms. The van der Waals surface area contributed by atoms with Crippen LogP contribution in [0.15, 0.2) is 17.8 Å². The van der Waals surface area contributed by atoms with Crippen molar-refractivity contribution >= 4 is 21.7 Å². The first kappa shape index (κ1) is 8.32. The van der Waals surface area contributed by atoms with Gasteiger partial charge in [0.25, 0.3) is 0 Å². The molecule has 0 unspecified atom stereocenters. The van der Waals surface area contributed by atoms with Crippen molar-refractivity contribution in [2.24, 2.45) is 0 Å². The van der Waals surface area contributed by atoms with E-state index in [-0.39, 0.29) is 0 Å². The van der Waals surface area contributed by atoms with Gasteiger partial charge in [-0.05, 0) is 30.5 Å². The lowest BCUT2D eigenvalue weighted by Crippen LogP contribution is -2.08. The topological polar surface area (TPSA) is 37.8 Å². The Morgan fingerprint density at radius 2 is 2.43 bits per heavy atom. The van der Waals surface area contributed by atoms with Gasteiger partial charge in [0, 0.05) is 12.7 Å². The zero-order valence-corrected chi connectivity index (χ0v) is 8.55. The molecule has 3 rings (SSSR count). The normalized spacial score (nSPS) is 21.9. The molecule has 0 bridgehead atoms. The van der Waals surface area contributed by atoms with Crippen LogP contribution in [0.3, 0.4) is 0 Å². The number of nitrogens with zero attached hydrogens (tertiary/aromatic N) is 2. The molecule has 1 atom stereocenters. The van der Waals surface area contributed by atoms with E-state index in [9.17, 15) is 0 Å². The maximum absolute atomic E-state index is 4.39. The molecule has 3 nitrogen and oxygen atoms in total. The van der Waals surface area contributed by atoms with Crippen molar-refractivity contribution in [2.75, 3.05) is 13.1 Å². The highest BCUT2D eigenvalue weighted by Gasteiger charge is 2.19. The first-order valence-electron chi connectivity index (χ1n) is 4.84. The highest BCUT2D eigenvalue weighted by Crippen LogP contribution is 2.28. The smallest absolute Gasteiger partial charge is 0.143 e. The van der Waals surface area contributed by atoms with Crippen LogP contribution in [0.1, 0.15) is 17.9 Å². The summed E-state index contributed by atoms with van der Waals surface area (Å²) in [5, 5.41) is 3.38. The Morgan fingerprint density at radius 1 is 1.43 bits per heavy atom. The second-order valence-corrected chi connectivity index (χ2v) is 4.43. The van der Waals surface area contributed by atoms with Crippen molar-refractivity contribution < 1.29 is 0 Å². The van der Waals surface area contributed by atoms with E-state index in [1.54, 1.807) is 11.3 Å². The zero-order valence-electron chi connectivity index (χ0n) is 7.73. The third-order valence-corrected chi connectivity index (χ3v) is 3.50. The van der Waals surface area contributed by atoms with Crippen LogP contribution >= 0.6 is 11.3 Å². The molecule has 0 amide bonds. The predicted octanol–water partition coefficient (Wildman–Crippen LogP) is 1.77. The average Bonchev–Trinajstić information content (AvgIpc) is 2.88. The van der Waals surface area contributed by atoms with Crippen molar-refractivity contribution in [3.63, 3.8) is 0 Å². The Morgan fingerprint density at radius 3 is 3.29 bits per heavy atom. The van der Waals surface area contributed by atoms with Crippen LogP contribution in [0.4, 0.5) is 0 Å². The number of nitrogens with one attached hydrogen (secondary N) is 1.